The van der Waals surface area contributed by atoms with Crippen LogP contribution in [0, 0.1) is 0 Å². The Labute approximate surface area is 236 Å². The van der Waals surface area contributed by atoms with E-state index in [4.69, 9.17) is 44.3 Å². The number of anilines is 2. The molecular weight excluding hydrogens is 571 g/mol. The molecule has 0 bridgehead atoms. The van der Waals surface area contributed by atoms with Gasteiger partial charge in [-0.05, 0) is 60.5 Å². The molecule has 0 unspecified atom stereocenters. The molecule has 0 radical (unpaired) electrons. The molecule has 0 aliphatic carbocycles. The number of ether oxygens (including phenoxy) is 2. The van der Waals surface area contributed by atoms with Crippen LogP contribution in [-0.2, 0) is 19.6 Å². The third-order valence-corrected chi connectivity index (χ3v) is 9.48. The van der Waals surface area contributed by atoms with E-state index in [9.17, 15) is 13.2 Å². The molecule has 0 amide bonds. The molecule has 5 rings (SSSR count). The van der Waals surface area contributed by atoms with Gasteiger partial charge in [0.15, 0.2) is 0 Å². The maximum atomic E-state index is 13.8. The summed E-state index contributed by atoms with van der Waals surface area (Å²) in [4.78, 5) is 13.9. The summed E-state index contributed by atoms with van der Waals surface area (Å²) in [6, 6.07) is 17.1. The molecule has 11 heteroatoms. The summed E-state index contributed by atoms with van der Waals surface area (Å²) < 4.78 is 39.8. The van der Waals surface area contributed by atoms with E-state index >= 15 is 0 Å². The summed E-state index contributed by atoms with van der Waals surface area (Å²) in [5.41, 5.74) is 2.20. The van der Waals surface area contributed by atoms with Crippen molar-refractivity contribution in [3.05, 3.63) is 81.3 Å². The normalized spacial score (nSPS) is 17.4. The second-order valence-electron chi connectivity index (χ2n) is 9.24. The number of nitrogens with zero attached hydrogens (tertiary/aromatic N) is 2. The topological polar surface area (TPSA) is 76.2 Å². The maximum absolute atomic E-state index is 13.8. The quantitative estimate of drug-likeness (QED) is 0.305. The zero-order valence-electron chi connectivity index (χ0n) is 20.4. The molecule has 200 valence electrons. The van der Waals surface area contributed by atoms with E-state index in [0.717, 1.165) is 11.3 Å². The monoisotopic (exact) mass is 594 g/mol. The molecule has 1 fully saturated rings. The fourth-order valence-electron chi connectivity index (χ4n) is 4.78. The minimum absolute atomic E-state index is 0.0418. The van der Waals surface area contributed by atoms with Crippen LogP contribution in [0.1, 0.15) is 24.3 Å². The molecule has 1 saturated heterocycles. The number of hydrogen-bond donors (Lipinski definition) is 0. The predicted octanol–water partition coefficient (Wildman–Crippen LogP) is 6.16. The highest BCUT2D eigenvalue weighted by molar-refractivity contribution is 7.92. The molecule has 38 heavy (non-hydrogen) atoms. The molecule has 2 aliphatic heterocycles. The molecule has 0 saturated carbocycles. The van der Waals surface area contributed by atoms with Gasteiger partial charge in [-0.25, -0.2) is 8.42 Å². The van der Waals surface area contributed by atoms with Crippen LogP contribution in [0.3, 0.4) is 0 Å². The molecule has 7 nitrogen and oxygen atoms in total. The van der Waals surface area contributed by atoms with Crippen LogP contribution in [0.5, 0.6) is 5.75 Å². The van der Waals surface area contributed by atoms with Gasteiger partial charge >= 0.3 is 5.97 Å². The zero-order valence-corrected chi connectivity index (χ0v) is 23.5. The molecule has 3 aromatic rings. The van der Waals surface area contributed by atoms with Gasteiger partial charge in [-0.3, -0.25) is 9.10 Å². The second-order valence-corrected chi connectivity index (χ2v) is 12.4. The number of benzene rings is 3. The summed E-state index contributed by atoms with van der Waals surface area (Å²) in [6.45, 7) is 1.41. The SMILES string of the molecule is COC(=O)CC[C@H]1CN(S(=O)(=O)c2cccc(Cl)c2)c2cc(N3CC(c4c(Cl)cccc4Cl)C3)ccc2O1. The van der Waals surface area contributed by atoms with Crippen molar-refractivity contribution in [2.45, 2.75) is 29.8 Å². The first-order chi connectivity index (χ1) is 18.2. The number of sulfonamides is 1. The number of halogens is 3. The van der Waals surface area contributed by atoms with Crippen LogP contribution in [0.2, 0.25) is 15.1 Å². The Balaban J connectivity index is 1.45. The zero-order chi connectivity index (χ0) is 27.0. The first-order valence-corrected chi connectivity index (χ1v) is 14.6. The van der Waals surface area contributed by atoms with Gasteiger partial charge in [0.1, 0.15) is 11.9 Å². The minimum atomic E-state index is -3.97. The minimum Gasteiger partial charge on any atom is -0.486 e. The number of methoxy groups -OCH3 is 1. The Morgan fingerprint density at radius 3 is 2.39 bits per heavy atom. The second kappa shape index (κ2) is 10.8. The van der Waals surface area contributed by atoms with E-state index in [-0.39, 0.29) is 29.7 Å². The van der Waals surface area contributed by atoms with Crippen molar-refractivity contribution in [2.24, 2.45) is 0 Å². The van der Waals surface area contributed by atoms with E-state index in [0.29, 0.717) is 46.0 Å². The molecule has 0 aromatic heterocycles. The number of esters is 1. The predicted molar refractivity (Wildman–Crippen MR) is 150 cm³/mol. The van der Waals surface area contributed by atoms with Gasteiger partial charge < -0.3 is 14.4 Å². The fourth-order valence-corrected chi connectivity index (χ4v) is 7.29. The molecular formula is C27H25Cl3N2O5S. The van der Waals surface area contributed by atoms with Gasteiger partial charge in [0, 0.05) is 46.2 Å². The average Bonchev–Trinajstić information content (AvgIpc) is 2.87. The van der Waals surface area contributed by atoms with Gasteiger partial charge in [-0.2, -0.15) is 0 Å². The lowest BCUT2D eigenvalue weighted by Gasteiger charge is -2.43. The van der Waals surface area contributed by atoms with Crippen molar-refractivity contribution in [1.29, 1.82) is 0 Å². The Morgan fingerprint density at radius 1 is 1.00 bits per heavy atom. The highest BCUT2D eigenvalue weighted by atomic mass is 35.5. The average molecular weight is 596 g/mol. The van der Waals surface area contributed by atoms with Crippen LogP contribution in [0.4, 0.5) is 11.4 Å². The summed E-state index contributed by atoms with van der Waals surface area (Å²) in [7, 11) is -2.66. The van der Waals surface area contributed by atoms with E-state index in [1.807, 2.05) is 30.3 Å². The molecule has 0 N–H and O–H groups in total. The third kappa shape index (κ3) is 5.27. The van der Waals surface area contributed by atoms with Crippen molar-refractivity contribution in [2.75, 3.05) is 35.9 Å². The fraction of sp³-hybridized carbons (Fsp3) is 0.296. The summed E-state index contributed by atoms with van der Waals surface area (Å²) in [5.74, 6) is 0.203. The van der Waals surface area contributed by atoms with E-state index < -0.39 is 16.1 Å². The highest BCUT2D eigenvalue weighted by Gasteiger charge is 2.37. The Hall–Kier alpha value is -2.65. The Morgan fingerprint density at radius 2 is 1.71 bits per heavy atom. The van der Waals surface area contributed by atoms with E-state index in [1.165, 1.54) is 23.5 Å². The molecule has 2 aliphatic rings. The van der Waals surface area contributed by atoms with Crippen molar-refractivity contribution >= 4 is 62.2 Å². The number of rotatable bonds is 7. The van der Waals surface area contributed by atoms with Gasteiger partial charge in [0.05, 0.1) is 24.2 Å². The molecule has 3 aromatic carbocycles. The van der Waals surface area contributed by atoms with Crippen molar-refractivity contribution < 1.29 is 22.7 Å². The highest BCUT2D eigenvalue weighted by Crippen LogP contribution is 2.44. The largest absolute Gasteiger partial charge is 0.486 e. The number of hydrogen-bond acceptors (Lipinski definition) is 6. The van der Waals surface area contributed by atoms with Crippen LogP contribution < -0.4 is 13.9 Å². The first-order valence-electron chi connectivity index (χ1n) is 12.0. The third-order valence-electron chi connectivity index (χ3n) is 6.81. The number of fused-ring (bicyclic) bond motifs is 1. The smallest absolute Gasteiger partial charge is 0.305 e. The lowest BCUT2D eigenvalue weighted by Crippen LogP contribution is -2.46. The molecule has 2 heterocycles. The lowest BCUT2D eigenvalue weighted by atomic mass is 9.90. The van der Waals surface area contributed by atoms with Crippen LogP contribution >= 0.6 is 34.8 Å². The van der Waals surface area contributed by atoms with Gasteiger partial charge in [-0.15, -0.1) is 0 Å². The summed E-state index contributed by atoms with van der Waals surface area (Å²) >= 11 is 18.9. The van der Waals surface area contributed by atoms with Crippen LogP contribution in [-0.4, -0.2) is 47.2 Å². The Bertz CT molecular complexity index is 1460. The van der Waals surface area contributed by atoms with Gasteiger partial charge in [0.25, 0.3) is 10.0 Å². The number of carbonyl (C=O) groups is 1. The van der Waals surface area contributed by atoms with Crippen molar-refractivity contribution in [3.63, 3.8) is 0 Å². The number of carbonyl (C=O) groups excluding carboxylic acids is 1. The maximum Gasteiger partial charge on any atom is 0.305 e. The van der Waals surface area contributed by atoms with Crippen LogP contribution in [0.25, 0.3) is 0 Å². The summed E-state index contributed by atoms with van der Waals surface area (Å²) in [6.07, 6.45) is -0.113. The molecule has 1 atom stereocenters. The summed E-state index contributed by atoms with van der Waals surface area (Å²) in [5, 5.41) is 1.59. The standard InChI is InChI=1S/C27H25Cl3N2O5S/c1-36-26(33)11-9-20-16-32(38(34,35)21-5-2-4-18(28)12-21)24-13-19(8-10-25(24)37-20)31-14-17(15-31)27-22(29)6-3-7-23(27)30/h2-8,10,12-13,17,20H,9,11,14-16H2,1H3/t20-/m0/s1. The van der Waals surface area contributed by atoms with Crippen LogP contribution in [0.15, 0.2) is 65.6 Å². The first kappa shape index (κ1) is 26.9. The molecule has 0 spiro atoms. The lowest BCUT2D eigenvalue weighted by molar-refractivity contribution is -0.141. The van der Waals surface area contributed by atoms with Gasteiger partial charge in [-0.1, -0.05) is 46.9 Å². The van der Waals surface area contributed by atoms with Crippen molar-refractivity contribution in [3.8, 4) is 5.75 Å². The van der Waals surface area contributed by atoms with E-state index in [2.05, 4.69) is 4.90 Å². The van der Waals surface area contributed by atoms with E-state index in [1.54, 1.807) is 18.2 Å². The van der Waals surface area contributed by atoms with Gasteiger partial charge in [0.2, 0.25) is 0 Å². The Kier molecular flexibility index (Phi) is 7.69. The van der Waals surface area contributed by atoms with Crippen molar-refractivity contribution in [1.82, 2.24) is 0 Å².